The molecular weight excluding hydrogens is 246 g/mol. The number of hydrogen-bond donors (Lipinski definition) is 1. The van der Waals surface area contributed by atoms with Crippen molar-refractivity contribution in [3.8, 4) is 10.7 Å². The van der Waals surface area contributed by atoms with Gasteiger partial charge in [0.25, 0.3) is 0 Å². The fourth-order valence-corrected chi connectivity index (χ4v) is 2.67. The van der Waals surface area contributed by atoms with Gasteiger partial charge in [0, 0.05) is 6.42 Å². The first kappa shape index (κ1) is 13.2. The molecule has 0 saturated carbocycles. The third-order valence-electron chi connectivity index (χ3n) is 2.81. The molecule has 18 heavy (non-hydrogen) atoms. The van der Waals surface area contributed by atoms with E-state index in [-0.39, 0.29) is 0 Å². The van der Waals surface area contributed by atoms with Crippen molar-refractivity contribution in [1.29, 1.82) is 0 Å². The molecule has 0 unspecified atom stereocenters. The van der Waals surface area contributed by atoms with Crippen LogP contribution in [-0.4, -0.2) is 16.7 Å². The van der Waals surface area contributed by atoms with E-state index in [0.717, 1.165) is 17.7 Å². The molecule has 2 rings (SSSR count). The van der Waals surface area contributed by atoms with Crippen molar-refractivity contribution in [3.05, 3.63) is 23.4 Å². The van der Waals surface area contributed by atoms with E-state index in [4.69, 9.17) is 10.3 Å². The average molecular weight is 265 g/mol. The molecule has 5 heteroatoms. The van der Waals surface area contributed by atoms with E-state index in [1.54, 1.807) is 11.3 Å². The highest BCUT2D eigenvalue weighted by Crippen LogP contribution is 2.22. The number of nitrogens with two attached hydrogens (primary N) is 1. The summed E-state index contributed by atoms with van der Waals surface area (Å²) in [5.74, 6) is 2.43. The summed E-state index contributed by atoms with van der Waals surface area (Å²) in [6.45, 7) is 5.07. The quantitative estimate of drug-likeness (QED) is 0.872. The molecule has 1 atom stereocenters. The Labute approximate surface area is 111 Å². The Bertz CT molecular complexity index is 464. The van der Waals surface area contributed by atoms with Gasteiger partial charge in [-0.1, -0.05) is 25.1 Å². The maximum Gasteiger partial charge on any atom is 0.227 e. The Morgan fingerprint density at radius 3 is 2.89 bits per heavy atom. The number of rotatable bonds is 6. The van der Waals surface area contributed by atoms with Crippen molar-refractivity contribution in [1.82, 2.24) is 10.1 Å². The fourth-order valence-electron chi connectivity index (χ4n) is 2.02. The average Bonchev–Trinajstić information content (AvgIpc) is 2.97. The van der Waals surface area contributed by atoms with Gasteiger partial charge in [-0.25, -0.2) is 0 Å². The van der Waals surface area contributed by atoms with Crippen molar-refractivity contribution in [3.63, 3.8) is 0 Å². The van der Waals surface area contributed by atoms with Gasteiger partial charge in [0.2, 0.25) is 11.7 Å². The van der Waals surface area contributed by atoms with Gasteiger partial charge in [-0.2, -0.15) is 4.98 Å². The summed E-state index contributed by atoms with van der Waals surface area (Å²) in [5.41, 5.74) is 5.78. The molecule has 0 aliphatic rings. The van der Waals surface area contributed by atoms with Crippen LogP contribution in [0.5, 0.6) is 0 Å². The van der Waals surface area contributed by atoms with Gasteiger partial charge in [-0.05, 0) is 36.2 Å². The minimum Gasteiger partial charge on any atom is -0.339 e. The maximum atomic E-state index is 5.78. The molecule has 2 aromatic rings. The summed E-state index contributed by atoms with van der Waals surface area (Å²) in [7, 11) is 0. The standard InChI is InChI=1S/C13H19N3OS/c1-9(2)6-10(8-14)7-12-15-13(16-17-12)11-4-3-5-18-11/h3-5,9-10H,6-8,14H2,1-2H3/t10-/m0/s1. The molecule has 2 aromatic heterocycles. The van der Waals surface area contributed by atoms with Crippen LogP contribution >= 0.6 is 11.3 Å². The molecule has 0 aliphatic carbocycles. The molecule has 98 valence electrons. The van der Waals surface area contributed by atoms with Crippen LogP contribution in [0.1, 0.15) is 26.2 Å². The molecule has 0 radical (unpaired) electrons. The van der Waals surface area contributed by atoms with Crippen LogP contribution in [0.4, 0.5) is 0 Å². The van der Waals surface area contributed by atoms with Gasteiger partial charge in [0.05, 0.1) is 4.88 Å². The van der Waals surface area contributed by atoms with Gasteiger partial charge >= 0.3 is 0 Å². The van der Waals surface area contributed by atoms with E-state index in [2.05, 4.69) is 24.0 Å². The van der Waals surface area contributed by atoms with Crippen LogP contribution in [0, 0.1) is 11.8 Å². The highest BCUT2D eigenvalue weighted by molar-refractivity contribution is 7.13. The van der Waals surface area contributed by atoms with Crippen molar-refractivity contribution in [2.75, 3.05) is 6.54 Å². The topological polar surface area (TPSA) is 64.9 Å². The minimum atomic E-state index is 0.418. The summed E-state index contributed by atoms with van der Waals surface area (Å²) in [6, 6.07) is 3.98. The van der Waals surface area contributed by atoms with Crippen molar-refractivity contribution < 1.29 is 4.52 Å². The zero-order valence-electron chi connectivity index (χ0n) is 10.8. The Balaban J connectivity index is 2.01. The Morgan fingerprint density at radius 1 is 1.44 bits per heavy atom. The van der Waals surface area contributed by atoms with Crippen LogP contribution in [0.3, 0.4) is 0 Å². The second kappa shape index (κ2) is 6.11. The molecule has 0 bridgehead atoms. The molecule has 2 N–H and O–H groups in total. The van der Waals surface area contributed by atoms with Gasteiger partial charge in [0.1, 0.15) is 0 Å². The SMILES string of the molecule is CC(C)C[C@H](CN)Cc1nc(-c2cccs2)no1. The molecule has 4 nitrogen and oxygen atoms in total. The van der Waals surface area contributed by atoms with E-state index in [0.29, 0.717) is 30.1 Å². The summed E-state index contributed by atoms with van der Waals surface area (Å²) >= 11 is 1.61. The van der Waals surface area contributed by atoms with Crippen molar-refractivity contribution in [2.45, 2.75) is 26.7 Å². The largest absolute Gasteiger partial charge is 0.339 e. The van der Waals surface area contributed by atoms with Crippen LogP contribution in [-0.2, 0) is 6.42 Å². The van der Waals surface area contributed by atoms with E-state index in [9.17, 15) is 0 Å². The summed E-state index contributed by atoms with van der Waals surface area (Å²) in [5, 5.41) is 6.02. The second-order valence-corrected chi connectivity index (χ2v) is 5.87. The molecule has 2 heterocycles. The normalized spacial score (nSPS) is 13.1. The lowest BCUT2D eigenvalue weighted by molar-refractivity contribution is 0.332. The number of nitrogens with zero attached hydrogens (tertiary/aromatic N) is 2. The molecule has 0 aliphatic heterocycles. The Morgan fingerprint density at radius 2 is 2.28 bits per heavy atom. The van der Waals surface area contributed by atoms with Gasteiger partial charge in [0.15, 0.2) is 0 Å². The smallest absolute Gasteiger partial charge is 0.227 e. The van der Waals surface area contributed by atoms with E-state index < -0.39 is 0 Å². The second-order valence-electron chi connectivity index (χ2n) is 4.92. The molecular formula is C13H19N3OS. The lowest BCUT2D eigenvalue weighted by Gasteiger charge is -2.14. The maximum absolute atomic E-state index is 5.78. The van der Waals surface area contributed by atoms with Crippen LogP contribution < -0.4 is 5.73 Å². The van der Waals surface area contributed by atoms with Crippen molar-refractivity contribution >= 4 is 11.3 Å². The van der Waals surface area contributed by atoms with E-state index >= 15 is 0 Å². The monoisotopic (exact) mass is 265 g/mol. The zero-order valence-corrected chi connectivity index (χ0v) is 11.6. The summed E-state index contributed by atoms with van der Waals surface area (Å²) < 4.78 is 5.29. The van der Waals surface area contributed by atoms with E-state index in [1.807, 2.05) is 17.5 Å². The first-order valence-corrected chi connectivity index (χ1v) is 7.13. The summed E-state index contributed by atoms with van der Waals surface area (Å²) in [4.78, 5) is 5.46. The Kier molecular flexibility index (Phi) is 4.49. The third kappa shape index (κ3) is 3.40. The summed E-state index contributed by atoms with van der Waals surface area (Å²) in [6.07, 6.45) is 1.86. The first-order chi connectivity index (χ1) is 8.69. The molecule has 0 fully saturated rings. The van der Waals surface area contributed by atoms with E-state index in [1.165, 1.54) is 0 Å². The van der Waals surface area contributed by atoms with Gasteiger partial charge < -0.3 is 10.3 Å². The number of aromatic nitrogens is 2. The van der Waals surface area contributed by atoms with Gasteiger partial charge in [-0.3, -0.25) is 0 Å². The highest BCUT2D eigenvalue weighted by atomic mass is 32.1. The molecule has 0 saturated heterocycles. The van der Waals surface area contributed by atoms with Crippen molar-refractivity contribution in [2.24, 2.45) is 17.6 Å². The zero-order chi connectivity index (χ0) is 13.0. The van der Waals surface area contributed by atoms with Gasteiger partial charge in [-0.15, -0.1) is 11.3 Å². The lowest BCUT2D eigenvalue weighted by atomic mass is 9.94. The predicted molar refractivity (Wildman–Crippen MR) is 73.3 cm³/mol. The molecule has 0 aromatic carbocycles. The molecule has 0 spiro atoms. The van der Waals surface area contributed by atoms with Crippen LogP contribution in [0.2, 0.25) is 0 Å². The lowest BCUT2D eigenvalue weighted by Crippen LogP contribution is -2.19. The number of hydrogen-bond acceptors (Lipinski definition) is 5. The predicted octanol–water partition coefficient (Wildman–Crippen LogP) is 2.96. The number of thiophene rings is 1. The fraction of sp³-hybridized carbons (Fsp3) is 0.538. The van der Waals surface area contributed by atoms with Crippen LogP contribution in [0.15, 0.2) is 22.0 Å². The third-order valence-corrected chi connectivity index (χ3v) is 3.68. The molecule has 0 amide bonds. The first-order valence-electron chi connectivity index (χ1n) is 6.25. The highest BCUT2D eigenvalue weighted by Gasteiger charge is 2.15. The Hall–Kier alpha value is -1.20. The minimum absolute atomic E-state index is 0.418. The van der Waals surface area contributed by atoms with Crippen LogP contribution in [0.25, 0.3) is 10.7 Å².